The Morgan fingerprint density at radius 2 is 1.27 bits per heavy atom. The standard InChI is InChI=1S/C10H24N/c1-6-10(5)11(7-2,8-3)9-4/h10H,6-9H2,1-5H3/q+1. The number of nitrogens with zero attached hydrogens (tertiary/aromatic N) is 1. The van der Waals surface area contributed by atoms with Gasteiger partial charge in [-0.25, -0.2) is 0 Å². The topological polar surface area (TPSA) is 0 Å². The van der Waals surface area contributed by atoms with Crippen molar-refractivity contribution in [2.45, 2.75) is 47.1 Å². The zero-order valence-electron chi connectivity index (χ0n) is 8.85. The van der Waals surface area contributed by atoms with Crippen molar-refractivity contribution < 1.29 is 4.48 Å². The van der Waals surface area contributed by atoms with Crippen LogP contribution < -0.4 is 0 Å². The van der Waals surface area contributed by atoms with Gasteiger partial charge in [0.25, 0.3) is 0 Å². The highest BCUT2D eigenvalue weighted by molar-refractivity contribution is 4.49. The second kappa shape index (κ2) is 4.76. The second-order valence-electron chi connectivity index (χ2n) is 3.42. The van der Waals surface area contributed by atoms with E-state index in [4.69, 9.17) is 0 Å². The van der Waals surface area contributed by atoms with Gasteiger partial charge < -0.3 is 4.48 Å². The molecule has 1 nitrogen and oxygen atoms in total. The molecule has 1 heteroatoms. The van der Waals surface area contributed by atoms with E-state index in [1.165, 1.54) is 30.5 Å². The zero-order chi connectivity index (χ0) is 8.91. The van der Waals surface area contributed by atoms with Crippen molar-refractivity contribution in [1.82, 2.24) is 0 Å². The molecule has 0 saturated carbocycles. The van der Waals surface area contributed by atoms with E-state index in [0.29, 0.717) is 0 Å². The van der Waals surface area contributed by atoms with Crippen molar-refractivity contribution in [3.63, 3.8) is 0 Å². The van der Waals surface area contributed by atoms with Gasteiger partial charge in [-0.1, -0.05) is 6.92 Å². The molecule has 0 rings (SSSR count). The van der Waals surface area contributed by atoms with E-state index in [0.717, 1.165) is 6.04 Å². The maximum Gasteiger partial charge on any atom is 0.0858 e. The summed E-state index contributed by atoms with van der Waals surface area (Å²) in [4.78, 5) is 0. The Balaban J connectivity index is 4.26. The Kier molecular flexibility index (Phi) is 4.74. The van der Waals surface area contributed by atoms with Gasteiger partial charge in [-0.3, -0.25) is 0 Å². The summed E-state index contributed by atoms with van der Waals surface area (Å²) in [5.74, 6) is 0. The average molecular weight is 158 g/mol. The monoisotopic (exact) mass is 158 g/mol. The van der Waals surface area contributed by atoms with Gasteiger partial charge in [0.05, 0.1) is 25.7 Å². The van der Waals surface area contributed by atoms with Gasteiger partial charge in [-0.2, -0.15) is 0 Å². The van der Waals surface area contributed by atoms with E-state index in [2.05, 4.69) is 34.6 Å². The molecule has 1 atom stereocenters. The van der Waals surface area contributed by atoms with E-state index in [1.54, 1.807) is 0 Å². The lowest BCUT2D eigenvalue weighted by molar-refractivity contribution is -0.945. The van der Waals surface area contributed by atoms with E-state index in [9.17, 15) is 0 Å². The van der Waals surface area contributed by atoms with Crippen LogP contribution in [0.4, 0.5) is 0 Å². The van der Waals surface area contributed by atoms with Crippen LogP contribution in [0.5, 0.6) is 0 Å². The molecule has 0 aliphatic carbocycles. The highest BCUT2D eigenvalue weighted by atomic mass is 15.4. The Hall–Kier alpha value is -0.0400. The van der Waals surface area contributed by atoms with Crippen LogP contribution >= 0.6 is 0 Å². The molecule has 0 spiro atoms. The van der Waals surface area contributed by atoms with Crippen LogP contribution in [0.3, 0.4) is 0 Å². The van der Waals surface area contributed by atoms with Crippen molar-refractivity contribution in [3.8, 4) is 0 Å². The molecule has 68 valence electrons. The van der Waals surface area contributed by atoms with Gasteiger partial charge in [-0.05, 0) is 34.1 Å². The molecule has 0 aliphatic rings. The molecule has 0 aromatic carbocycles. The van der Waals surface area contributed by atoms with Crippen molar-refractivity contribution in [3.05, 3.63) is 0 Å². The molecule has 0 aliphatic heterocycles. The second-order valence-corrected chi connectivity index (χ2v) is 3.42. The SMILES string of the molecule is CCC(C)[N+](CC)(CC)CC. The van der Waals surface area contributed by atoms with Crippen LogP contribution in [0.25, 0.3) is 0 Å². The summed E-state index contributed by atoms with van der Waals surface area (Å²) in [6.45, 7) is 15.4. The molecule has 0 aromatic rings. The molecule has 0 aromatic heterocycles. The van der Waals surface area contributed by atoms with Gasteiger partial charge in [0.15, 0.2) is 0 Å². The van der Waals surface area contributed by atoms with Crippen molar-refractivity contribution in [2.24, 2.45) is 0 Å². The average Bonchev–Trinajstić information content (AvgIpc) is 2.08. The molecular formula is C10H24N+. The Morgan fingerprint density at radius 3 is 1.36 bits per heavy atom. The van der Waals surface area contributed by atoms with Crippen molar-refractivity contribution in [1.29, 1.82) is 0 Å². The van der Waals surface area contributed by atoms with E-state index >= 15 is 0 Å². The van der Waals surface area contributed by atoms with Crippen molar-refractivity contribution >= 4 is 0 Å². The third kappa shape index (κ3) is 2.19. The predicted octanol–water partition coefficient (Wildman–Crippen LogP) is 2.66. The smallest absolute Gasteiger partial charge is 0.0858 e. The maximum absolute atomic E-state index is 2.37. The minimum atomic E-state index is 0.829. The highest BCUT2D eigenvalue weighted by Gasteiger charge is 2.26. The Labute approximate surface area is 72.0 Å². The summed E-state index contributed by atoms with van der Waals surface area (Å²) < 4.78 is 1.29. The van der Waals surface area contributed by atoms with E-state index < -0.39 is 0 Å². The zero-order valence-corrected chi connectivity index (χ0v) is 8.85. The summed E-state index contributed by atoms with van der Waals surface area (Å²) >= 11 is 0. The summed E-state index contributed by atoms with van der Waals surface area (Å²) in [6, 6.07) is 0.829. The fourth-order valence-electron chi connectivity index (χ4n) is 1.99. The highest BCUT2D eigenvalue weighted by Crippen LogP contribution is 2.15. The van der Waals surface area contributed by atoms with Crippen molar-refractivity contribution in [2.75, 3.05) is 19.6 Å². The number of rotatable bonds is 5. The first kappa shape index (κ1) is 11.0. The third-order valence-corrected chi connectivity index (χ3v) is 3.42. The van der Waals surface area contributed by atoms with Crippen LogP contribution in [0.2, 0.25) is 0 Å². The third-order valence-electron chi connectivity index (χ3n) is 3.42. The Morgan fingerprint density at radius 1 is 0.909 bits per heavy atom. The molecule has 0 N–H and O–H groups in total. The van der Waals surface area contributed by atoms with E-state index in [1.807, 2.05) is 0 Å². The van der Waals surface area contributed by atoms with Gasteiger partial charge >= 0.3 is 0 Å². The van der Waals surface area contributed by atoms with E-state index in [-0.39, 0.29) is 0 Å². The molecule has 11 heavy (non-hydrogen) atoms. The lowest BCUT2D eigenvalue weighted by Gasteiger charge is -2.41. The minimum absolute atomic E-state index is 0.829. The quantitative estimate of drug-likeness (QED) is 0.540. The first-order valence-electron chi connectivity index (χ1n) is 5.02. The molecule has 1 unspecified atom stereocenters. The molecule has 0 heterocycles. The van der Waals surface area contributed by atoms with Crippen LogP contribution in [0, 0.1) is 0 Å². The number of hydrogen-bond acceptors (Lipinski definition) is 0. The summed E-state index contributed by atoms with van der Waals surface area (Å²) in [6.07, 6.45) is 1.30. The summed E-state index contributed by atoms with van der Waals surface area (Å²) in [5.41, 5.74) is 0. The summed E-state index contributed by atoms with van der Waals surface area (Å²) in [7, 11) is 0. The lowest BCUT2D eigenvalue weighted by Crippen LogP contribution is -2.53. The van der Waals surface area contributed by atoms with Crippen LogP contribution in [0.1, 0.15) is 41.0 Å². The summed E-state index contributed by atoms with van der Waals surface area (Å²) in [5, 5.41) is 0. The predicted molar refractivity (Wildman–Crippen MR) is 51.6 cm³/mol. The van der Waals surface area contributed by atoms with Crippen LogP contribution in [-0.2, 0) is 0 Å². The first-order chi connectivity index (χ1) is 5.16. The molecule has 0 saturated heterocycles. The van der Waals surface area contributed by atoms with Gasteiger partial charge in [0.2, 0.25) is 0 Å². The van der Waals surface area contributed by atoms with Crippen LogP contribution in [0.15, 0.2) is 0 Å². The van der Waals surface area contributed by atoms with Gasteiger partial charge in [0, 0.05) is 0 Å². The maximum atomic E-state index is 2.37. The van der Waals surface area contributed by atoms with Gasteiger partial charge in [-0.15, -0.1) is 0 Å². The fourth-order valence-corrected chi connectivity index (χ4v) is 1.99. The minimum Gasteiger partial charge on any atom is -0.322 e. The number of hydrogen-bond donors (Lipinski definition) is 0. The normalized spacial score (nSPS) is 15.0. The lowest BCUT2D eigenvalue weighted by atomic mass is 10.1. The number of quaternary nitrogens is 1. The molecular weight excluding hydrogens is 134 g/mol. The Bertz CT molecular complexity index is 86.8. The van der Waals surface area contributed by atoms with Crippen LogP contribution in [-0.4, -0.2) is 30.2 Å². The molecule has 0 bridgehead atoms. The fraction of sp³-hybridized carbons (Fsp3) is 1.00. The molecule has 0 amide bonds. The molecule has 0 radical (unpaired) electrons. The first-order valence-corrected chi connectivity index (χ1v) is 5.02. The molecule has 0 fully saturated rings. The largest absolute Gasteiger partial charge is 0.322 e. The van der Waals surface area contributed by atoms with Gasteiger partial charge in [0.1, 0.15) is 0 Å².